The number of benzene rings is 3. The van der Waals surface area contributed by atoms with E-state index in [9.17, 15) is 32.7 Å². The summed E-state index contributed by atoms with van der Waals surface area (Å²) in [5.41, 5.74) is -1.41. The highest BCUT2D eigenvalue weighted by Gasteiger charge is 2.70. The van der Waals surface area contributed by atoms with Crippen molar-refractivity contribution in [3.05, 3.63) is 128 Å². The molecule has 1 saturated carbocycles. The van der Waals surface area contributed by atoms with E-state index in [0.29, 0.717) is 17.2 Å². The quantitative estimate of drug-likeness (QED) is 0.161. The van der Waals surface area contributed by atoms with Gasteiger partial charge in [0.05, 0.1) is 33.9 Å². The normalized spacial score (nSPS) is 26.4. The summed E-state index contributed by atoms with van der Waals surface area (Å²) in [6.45, 7) is 0. The highest BCUT2D eigenvalue weighted by molar-refractivity contribution is 6.33. The molecule has 3 fully saturated rings. The lowest BCUT2D eigenvalue weighted by Gasteiger charge is -2.50. The molecule has 0 radical (unpaired) electrons. The molecule has 0 unspecified atom stereocenters. The van der Waals surface area contributed by atoms with Crippen LogP contribution in [0.3, 0.4) is 0 Å². The number of hydrazine groups is 1. The molecule has 3 heterocycles. The van der Waals surface area contributed by atoms with Crippen LogP contribution >= 0.6 is 34.8 Å². The average Bonchev–Trinajstić information content (AvgIpc) is 3.53. The first-order chi connectivity index (χ1) is 25.7. The minimum Gasteiger partial charge on any atom is -0.508 e. The summed E-state index contributed by atoms with van der Waals surface area (Å²) in [5.74, 6) is -8.28. The summed E-state index contributed by atoms with van der Waals surface area (Å²) in [6.07, 6.45) is -3.09. The number of phenols is 1. The number of anilines is 2. The lowest BCUT2D eigenvalue weighted by atomic mass is 9.49. The number of fused-ring (bicyclic) bond motifs is 4. The van der Waals surface area contributed by atoms with Crippen molar-refractivity contribution in [1.82, 2.24) is 9.99 Å². The van der Waals surface area contributed by atoms with Gasteiger partial charge in [0.2, 0.25) is 11.8 Å². The Hall–Kier alpha value is -4.91. The van der Waals surface area contributed by atoms with Crippen LogP contribution in [0.25, 0.3) is 0 Å². The van der Waals surface area contributed by atoms with Crippen LogP contribution in [0.4, 0.5) is 24.7 Å². The van der Waals surface area contributed by atoms with Gasteiger partial charge in [-0.25, -0.2) is 9.88 Å². The van der Waals surface area contributed by atoms with Gasteiger partial charge >= 0.3 is 6.18 Å². The van der Waals surface area contributed by atoms with Crippen LogP contribution in [-0.4, -0.2) is 45.8 Å². The van der Waals surface area contributed by atoms with E-state index in [-0.39, 0.29) is 44.9 Å². The number of allylic oxidation sites excluding steroid dienone is 2. The molecule has 0 bridgehead atoms. The molecule has 6 atom stereocenters. The molecule has 2 aliphatic heterocycles. The van der Waals surface area contributed by atoms with Crippen LogP contribution in [0.15, 0.2) is 96.6 Å². The second-order valence-corrected chi connectivity index (χ2v) is 15.1. The molecular formula is C39H28Cl3F3N4O5. The number of aromatic hydroxyl groups is 1. The first-order valence-corrected chi connectivity index (χ1v) is 18.0. The minimum atomic E-state index is -4.83. The predicted octanol–water partition coefficient (Wildman–Crippen LogP) is 7.98. The van der Waals surface area contributed by atoms with Crippen LogP contribution in [0, 0.1) is 23.7 Å². The first kappa shape index (κ1) is 36.1. The zero-order chi connectivity index (χ0) is 38.4. The molecule has 8 rings (SSSR count). The third-order valence-electron chi connectivity index (χ3n) is 11.2. The molecule has 1 N–H and O–H groups in total. The smallest absolute Gasteiger partial charge is 0.433 e. The van der Waals surface area contributed by atoms with Crippen LogP contribution in [0.1, 0.15) is 35.6 Å². The van der Waals surface area contributed by atoms with Crippen molar-refractivity contribution < 1.29 is 37.5 Å². The fraction of sp³-hybridized carbons (Fsp3) is 0.256. The van der Waals surface area contributed by atoms with Gasteiger partial charge in [0, 0.05) is 28.6 Å². The van der Waals surface area contributed by atoms with Crippen molar-refractivity contribution in [3.63, 3.8) is 0 Å². The zero-order valence-corrected chi connectivity index (χ0v) is 30.4. The van der Waals surface area contributed by atoms with Crippen molar-refractivity contribution in [2.75, 3.05) is 17.0 Å². The van der Waals surface area contributed by atoms with Crippen molar-refractivity contribution in [2.24, 2.45) is 23.7 Å². The maximum absolute atomic E-state index is 15.3. The second kappa shape index (κ2) is 12.9. The van der Waals surface area contributed by atoms with Crippen LogP contribution in [-0.2, 0) is 30.8 Å². The number of carbonyl (C=O) groups is 4. The average molecular weight is 796 g/mol. The number of alkyl halides is 3. The zero-order valence-electron chi connectivity index (χ0n) is 28.1. The van der Waals surface area contributed by atoms with Gasteiger partial charge in [-0.1, -0.05) is 82.9 Å². The Bertz CT molecular complexity index is 2310. The fourth-order valence-electron chi connectivity index (χ4n) is 9.03. The van der Waals surface area contributed by atoms with Crippen LogP contribution in [0.5, 0.6) is 5.75 Å². The van der Waals surface area contributed by atoms with Crippen LogP contribution < -0.4 is 9.91 Å². The largest absolute Gasteiger partial charge is 0.508 e. The molecule has 2 aliphatic carbocycles. The molecule has 1 aromatic heterocycles. The highest BCUT2D eigenvalue weighted by atomic mass is 35.5. The number of pyridine rings is 1. The lowest BCUT2D eigenvalue weighted by molar-refractivity contribution is -0.141. The molecule has 3 aromatic carbocycles. The number of nitrogens with zero attached hydrogens (tertiary/aromatic N) is 4. The molecule has 54 heavy (non-hydrogen) atoms. The summed E-state index contributed by atoms with van der Waals surface area (Å²) in [5, 5.41) is 13.5. The number of imide groups is 2. The SMILES string of the molecule is CN(c1nc(C(F)(F)F)ccc1Cl)N1C(=O)[C@H]2[C@H](CC=C3[C@H]2C[C@H]2C(=O)N(c4cccc(Cl)c4)C(=O)[C@@]2(c2ccccc2)[C@H]3c2cc(Cl)ccc2O)C1=O. The van der Waals surface area contributed by atoms with Gasteiger partial charge in [-0.15, -0.1) is 0 Å². The van der Waals surface area contributed by atoms with Gasteiger partial charge in [0.15, 0.2) is 5.82 Å². The van der Waals surface area contributed by atoms with Gasteiger partial charge in [-0.2, -0.15) is 18.2 Å². The van der Waals surface area contributed by atoms with Crippen LogP contribution in [0.2, 0.25) is 15.1 Å². The number of aromatic nitrogens is 1. The Morgan fingerprint density at radius 1 is 0.852 bits per heavy atom. The first-order valence-electron chi connectivity index (χ1n) is 16.9. The Kier molecular flexibility index (Phi) is 8.59. The molecule has 276 valence electrons. The standard InChI is InChI=1S/C39H28Cl3F3N4O5/c1-47(33-28(42)13-15-30(46-33)39(43,44)45)49-34(51)24-12-11-23-25(31(24)36(49)53)18-27-35(52)48(22-9-5-8-20(40)16-22)37(54)38(27,19-6-3-2-4-7-19)32(23)26-17-21(41)10-14-29(26)50/h2-11,13-17,24-25,27,31-32,50H,12,18H2,1H3/t24-,25+,27-,31-,32+,38+/m0/s1. The van der Waals surface area contributed by atoms with Gasteiger partial charge < -0.3 is 5.11 Å². The van der Waals surface area contributed by atoms with E-state index in [1.165, 1.54) is 31.3 Å². The molecule has 4 aliphatic rings. The Morgan fingerprint density at radius 3 is 2.28 bits per heavy atom. The number of carbonyl (C=O) groups excluding carboxylic acids is 4. The molecule has 4 amide bonds. The van der Waals surface area contributed by atoms with Gasteiger partial charge in [0.1, 0.15) is 11.4 Å². The Labute approximate surface area is 321 Å². The summed E-state index contributed by atoms with van der Waals surface area (Å²) in [4.78, 5) is 63.6. The Balaban J connectivity index is 1.31. The topological polar surface area (TPSA) is 111 Å². The molecule has 0 spiro atoms. The lowest BCUT2D eigenvalue weighted by Crippen LogP contribution is -2.53. The minimum absolute atomic E-state index is 0.0165. The maximum Gasteiger partial charge on any atom is 0.433 e. The summed E-state index contributed by atoms with van der Waals surface area (Å²) in [7, 11) is 1.23. The van der Waals surface area contributed by atoms with E-state index >= 15 is 4.79 Å². The highest BCUT2D eigenvalue weighted by Crippen LogP contribution is 2.65. The third-order valence-corrected chi connectivity index (χ3v) is 11.9. The second-order valence-electron chi connectivity index (χ2n) is 13.8. The van der Waals surface area contributed by atoms with Crippen molar-refractivity contribution in [1.29, 1.82) is 0 Å². The van der Waals surface area contributed by atoms with Crippen molar-refractivity contribution in [3.8, 4) is 5.75 Å². The number of amides is 4. The van der Waals surface area contributed by atoms with E-state index in [1.807, 2.05) is 0 Å². The van der Waals surface area contributed by atoms with E-state index < -0.39 is 76.3 Å². The number of halogens is 6. The molecule has 15 heteroatoms. The fourth-order valence-corrected chi connectivity index (χ4v) is 9.63. The van der Waals surface area contributed by atoms with E-state index in [1.54, 1.807) is 54.6 Å². The van der Waals surface area contributed by atoms with Crippen molar-refractivity contribution in [2.45, 2.75) is 30.4 Å². The third kappa shape index (κ3) is 5.25. The van der Waals surface area contributed by atoms with E-state index in [0.717, 1.165) is 21.0 Å². The monoisotopic (exact) mass is 794 g/mol. The van der Waals surface area contributed by atoms with Gasteiger partial charge in [-0.3, -0.25) is 24.2 Å². The number of hydrogen-bond donors (Lipinski definition) is 1. The summed E-state index contributed by atoms with van der Waals surface area (Å²) >= 11 is 19.2. The maximum atomic E-state index is 15.3. The molecule has 2 saturated heterocycles. The van der Waals surface area contributed by atoms with Gasteiger partial charge in [-0.05, 0) is 72.9 Å². The molecular weight excluding hydrogens is 768 g/mol. The number of phenolic OH excluding ortho intramolecular Hbond substituents is 1. The van der Waals surface area contributed by atoms with E-state index in [2.05, 4.69) is 4.98 Å². The van der Waals surface area contributed by atoms with Gasteiger partial charge in [0.25, 0.3) is 11.8 Å². The summed E-state index contributed by atoms with van der Waals surface area (Å²) < 4.78 is 41.0. The Morgan fingerprint density at radius 2 is 1.57 bits per heavy atom. The molecule has 9 nitrogen and oxygen atoms in total. The van der Waals surface area contributed by atoms with Crippen molar-refractivity contribution >= 4 is 69.9 Å². The number of hydrogen-bond acceptors (Lipinski definition) is 7. The van der Waals surface area contributed by atoms with E-state index in [4.69, 9.17) is 34.8 Å². The number of rotatable bonds is 5. The predicted molar refractivity (Wildman–Crippen MR) is 194 cm³/mol. The molecule has 4 aromatic rings. The summed E-state index contributed by atoms with van der Waals surface area (Å²) in [6, 6.07) is 21.1.